The van der Waals surface area contributed by atoms with E-state index in [0.29, 0.717) is 11.9 Å². The Morgan fingerprint density at radius 1 is 1.14 bits per heavy atom. The molecule has 0 aliphatic carbocycles. The van der Waals surface area contributed by atoms with Gasteiger partial charge in [0.05, 0.1) is 0 Å². The van der Waals surface area contributed by atoms with Crippen LogP contribution < -0.4 is 10.6 Å². The third kappa shape index (κ3) is 5.00. The molecule has 1 heterocycles. The summed E-state index contributed by atoms with van der Waals surface area (Å²) < 4.78 is 5.02. The fourth-order valence-electron chi connectivity index (χ4n) is 2.03. The van der Waals surface area contributed by atoms with Crippen LogP contribution in [-0.2, 0) is 4.74 Å². The number of nitrogens with zero attached hydrogens (tertiary/aromatic N) is 2. The molecule has 0 saturated carbocycles. The molecule has 2 aromatic rings. The first-order valence-corrected chi connectivity index (χ1v) is 7.62. The van der Waals surface area contributed by atoms with Crippen molar-refractivity contribution in [1.82, 2.24) is 9.97 Å². The zero-order valence-electron chi connectivity index (χ0n) is 13.5. The van der Waals surface area contributed by atoms with Gasteiger partial charge in [-0.15, -0.1) is 0 Å². The number of ether oxygens (including phenoxy) is 1. The molecule has 2 rings (SSSR count). The fourth-order valence-corrected chi connectivity index (χ4v) is 2.03. The van der Waals surface area contributed by atoms with Gasteiger partial charge in [-0.1, -0.05) is 26.0 Å². The molecule has 1 aromatic heterocycles. The van der Waals surface area contributed by atoms with Gasteiger partial charge < -0.3 is 15.4 Å². The fraction of sp³-hybridized carbons (Fsp3) is 0.412. The first-order chi connectivity index (χ1) is 10.7. The van der Waals surface area contributed by atoms with Gasteiger partial charge in [-0.05, 0) is 36.1 Å². The second-order valence-corrected chi connectivity index (χ2v) is 5.44. The van der Waals surface area contributed by atoms with Crippen molar-refractivity contribution in [3.05, 3.63) is 42.1 Å². The normalized spacial score (nSPS) is 10.7. The van der Waals surface area contributed by atoms with Crippen LogP contribution in [0.4, 0.5) is 17.5 Å². The van der Waals surface area contributed by atoms with Gasteiger partial charge in [0.25, 0.3) is 0 Å². The summed E-state index contributed by atoms with van der Waals surface area (Å²) in [5.41, 5.74) is 2.31. The highest BCUT2D eigenvalue weighted by atomic mass is 16.5. The maximum Gasteiger partial charge on any atom is 0.229 e. The number of nitrogens with one attached hydrogen (secondary N) is 2. The summed E-state index contributed by atoms with van der Waals surface area (Å²) in [5.74, 6) is 1.94. The lowest BCUT2D eigenvalue weighted by molar-refractivity contribution is 0.198. The number of hydrogen-bond donors (Lipinski definition) is 2. The minimum absolute atomic E-state index is 0.532. The van der Waals surface area contributed by atoms with Crippen LogP contribution in [0.5, 0.6) is 0 Å². The number of anilines is 3. The lowest BCUT2D eigenvalue weighted by atomic mass is 10.0. The van der Waals surface area contributed by atoms with Gasteiger partial charge in [0, 0.05) is 32.1 Å². The van der Waals surface area contributed by atoms with Crippen molar-refractivity contribution in [2.24, 2.45) is 0 Å². The van der Waals surface area contributed by atoms with Gasteiger partial charge in [-0.25, -0.2) is 4.98 Å². The Bertz CT molecular complexity index is 569. The Balaban J connectivity index is 1.94. The van der Waals surface area contributed by atoms with E-state index in [4.69, 9.17) is 4.74 Å². The molecule has 118 valence electrons. The molecule has 22 heavy (non-hydrogen) atoms. The third-order valence-electron chi connectivity index (χ3n) is 3.32. The van der Waals surface area contributed by atoms with E-state index in [0.717, 1.165) is 31.1 Å². The summed E-state index contributed by atoms with van der Waals surface area (Å²) in [7, 11) is 1.71. The van der Waals surface area contributed by atoms with Crippen molar-refractivity contribution in [2.75, 3.05) is 30.9 Å². The minimum Gasteiger partial charge on any atom is -0.385 e. The molecule has 0 atom stereocenters. The molecular formula is C17H24N4O. The number of methoxy groups -OCH3 is 1. The van der Waals surface area contributed by atoms with Crippen molar-refractivity contribution < 1.29 is 4.74 Å². The molecule has 5 heteroatoms. The van der Waals surface area contributed by atoms with E-state index in [9.17, 15) is 0 Å². The molecule has 2 N–H and O–H groups in total. The van der Waals surface area contributed by atoms with Gasteiger partial charge in [0.2, 0.25) is 5.95 Å². The molecule has 0 aliphatic heterocycles. The first-order valence-electron chi connectivity index (χ1n) is 7.62. The van der Waals surface area contributed by atoms with Gasteiger partial charge in [-0.3, -0.25) is 0 Å². The Labute approximate surface area is 132 Å². The monoisotopic (exact) mass is 300 g/mol. The number of benzene rings is 1. The third-order valence-corrected chi connectivity index (χ3v) is 3.32. The lowest BCUT2D eigenvalue weighted by Crippen LogP contribution is -2.07. The standard InChI is InChI=1S/C17H24N4O/c1-13(2)14-5-7-15(8-6-14)20-17-19-11-9-16(21-17)18-10-4-12-22-3/h5-9,11,13H,4,10,12H2,1-3H3,(H2,18,19,20,21). The maximum absolute atomic E-state index is 5.02. The van der Waals surface area contributed by atoms with Crippen LogP contribution in [0.1, 0.15) is 31.7 Å². The molecule has 0 spiro atoms. The Hall–Kier alpha value is -2.14. The number of hydrogen-bond acceptors (Lipinski definition) is 5. The van der Waals surface area contributed by atoms with Crippen LogP contribution in [0.25, 0.3) is 0 Å². The second-order valence-electron chi connectivity index (χ2n) is 5.44. The summed E-state index contributed by atoms with van der Waals surface area (Å²) in [6.07, 6.45) is 2.69. The van der Waals surface area contributed by atoms with Crippen molar-refractivity contribution in [2.45, 2.75) is 26.2 Å². The van der Waals surface area contributed by atoms with Crippen molar-refractivity contribution in [3.63, 3.8) is 0 Å². The van der Waals surface area contributed by atoms with Crippen molar-refractivity contribution in [3.8, 4) is 0 Å². The van der Waals surface area contributed by atoms with Gasteiger partial charge >= 0.3 is 0 Å². The van der Waals surface area contributed by atoms with Crippen LogP contribution in [0.2, 0.25) is 0 Å². The summed E-state index contributed by atoms with van der Waals surface area (Å²) >= 11 is 0. The molecular weight excluding hydrogens is 276 g/mol. The molecule has 0 amide bonds. The predicted octanol–water partition coefficient (Wildman–Crippen LogP) is 3.79. The van der Waals surface area contributed by atoms with E-state index in [1.165, 1.54) is 5.56 Å². The minimum atomic E-state index is 0.532. The van der Waals surface area contributed by atoms with E-state index in [2.05, 4.69) is 58.7 Å². The van der Waals surface area contributed by atoms with Crippen LogP contribution in [0.3, 0.4) is 0 Å². The lowest BCUT2D eigenvalue weighted by Gasteiger charge is -2.10. The van der Waals surface area contributed by atoms with Crippen LogP contribution >= 0.6 is 0 Å². The van der Waals surface area contributed by atoms with Gasteiger partial charge in [-0.2, -0.15) is 4.98 Å². The van der Waals surface area contributed by atoms with Crippen molar-refractivity contribution >= 4 is 17.5 Å². The SMILES string of the molecule is COCCCNc1ccnc(Nc2ccc(C(C)C)cc2)n1. The van der Waals surface area contributed by atoms with E-state index >= 15 is 0 Å². The van der Waals surface area contributed by atoms with Crippen LogP contribution in [0.15, 0.2) is 36.5 Å². The van der Waals surface area contributed by atoms with E-state index in [1.54, 1.807) is 13.3 Å². The maximum atomic E-state index is 5.02. The molecule has 0 bridgehead atoms. The summed E-state index contributed by atoms with van der Waals surface area (Å²) in [5, 5.41) is 6.48. The van der Waals surface area contributed by atoms with Crippen LogP contribution in [-0.4, -0.2) is 30.2 Å². The van der Waals surface area contributed by atoms with Crippen molar-refractivity contribution in [1.29, 1.82) is 0 Å². The second kappa shape index (κ2) is 8.34. The predicted molar refractivity (Wildman–Crippen MR) is 90.8 cm³/mol. The van der Waals surface area contributed by atoms with Gasteiger partial charge in [0.15, 0.2) is 0 Å². The highest BCUT2D eigenvalue weighted by molar-refractivity contribution is 5.55. The molecule has 0 unspecified atom stereocenters. The quantitative estimate of drug-likeness (QED) is 0.726. The molecule has 0 aliphatic rings. The smallest absolute Gasteiger partial charge is 0.229 e. The first kappa shape index (κ1) is 16.2. The zero-order chi connectivity index (χ0) is 15.8. The molecule has 0 saturated heterocycles. The Kier molecular flexibility index (Phi) is 6.15. The highest BCUT2D eigenvalue weighted by Gasteiger charge is 2.02. The highest BCUT2D eigenvalue weighted by Crippen LogP contribution is 2.19. The number of rotatable bonds is 8. The summed E-state index contributed by atoms with van der Waals surface area (Å²) in [6.45, 7) is 5.94. The van der Waals surface area contributed by atoms with E-state index in [-0.39, 0.29) is 0 Å². The number of aromatic nitrogens is 2. The Morgan fingerprint density at radius 2 is 1.91 bits per heavy atom. The zero-order valence-corrected chi connectivity index (χ0v) is 13.5. The average Bonchev–Trinajstić information content (AvgIpc) is 2.52. The molecule has 1 aromatic carbocycles. The van der Waals surface area contributed by atoms with Crippen LogP contribution in [0, 0.1) is 0 Å². The average molecular weight is 300 g/mol. The van der Waals surface area contributed by atoms with E-state index < -0.39 is 0 Å². The molecule has 0 fully saturated rings. The molecule has 0 radical (unpaired) electrons. The topological polar surface area (TPSA) is 59.1 Å². The summed E-state index contributed by atoms with van der Waals surface area (Å²) in [6, 6.07) is 10.2. The van der Waals surface area contributed by atoms with Gasteiger partial charge in [0.1, 0.15) is 5.82 Å². The Morgan fingerprint density at radius 3 is 2.59 bits per heavy atom. The largest absolute Gasteiger partial charge is 0.385 e. The molecule has 5 nitrogen and oxygen atoms in total. The summed E-state index contributed by atoms with van der Waals surface area (Å²) in [4.78, 5) is 8.70. The van der Waals surface area contributed by atoms with E-state index in [1.807, 2.05) is 6.07 Å².